The fourth-order valence-electron chi connectivity index (χ4n) is 6.13. The third-order valence-electron chi connectivity index (χ3n) is 8.01. The van der Waals surface area contributed by atoms with Gasteiger partial charge >= 0.3 is 0 Å². The Balaban J connectivity index is 1.49. The number of hydrogen-bond acceptors (Lipinski definition) is 5. The standard InChI is InChI=1S/C29H29F3N4O3/c1-16-27(17(2)39-34-16)18-4-6-23-22(14-18)33-28(36(23)19-10-12-29(31,32)13-11-19)24-7-9-26(37)35(24)20-5-8-25(38-3)21(30)15-20/h4-6,8,14-15,19,24H,7,9-13H2,1-3H3. The first-order chi connectivity index (χ1) is 18.7. The van der Waals surface area contributed by atoms with Crippen molar-refractivity contribution in [2.45, 2.75) is 70.4 Å². The maximum absolute atomic E-state index is 14.6. The van der Waals surface area contributed by atoms with E-state index in [4.69, 9.17) is 14.2 Å². The maximum atomic E-state index is 14.6. The number of halogens is 3. The van der Waals surface area contributed by atoms with E-state index in [-0.39, 0.29) is 37.0 Å². The van der Waals surface area contributed by atoms with Crippen LogP contribution in [0.1, 0.15) is 67.9 Å². The normalized spacial score (nSPS) is 19.8. The minimum absolute atomic E-state index is 0.0872. The third kappa shape index (κ3) is 4.35. The number of methoxy groups -OCH3 is 1. The molecule has 204 valence electrons. The quantitative estimate of drug-likeness (QED) is 0.272. The van der Waals surface area contributed by atoms with E-state index in [9.17, 15) is 18.0 Å². The van der Waals surface area contributed by atoms with Crippen LogP contribution in [0.5, 0.6) is 5.75 Å². The number of benzene rings is 2. The number of imidazole rings is 1. The summed E-state index contributed by atoms with van der Waals surface area (Å²) < 4.78 is 55.3. The number of nitrogens with zero attached hydrogens (tertiary/aromatic N) is 4. The van der Waals surface area contributed by atoms with Gasteiger partial charge in [0.25, 0.3) is 0 Å². The second-order valence-electron chi connectivity index (χ2n) is 10.5. The molecule has 0 spiro atoms. The Morgan fingerprint density at radius 1 is 1.08 bits per heavy atom. The summed E-state index contributed by atoms with van der Waals surface area (Å²) in [5, 5.41) is 4.06. The number of aromatic nitrogens is 3. The molecule has 1 saturated carbocycles. The van der Waals surface area contributed by atoms with Gasteiger partial charge in [-0.1, -0.05) is 11.2 Å². The first-order valence-corrected chi connectivity index (χ1v) is 13.2. The summed E-state index contributed by atoms with van der Waals surface area (Å²) in [5.74, 6) is -1.99. The Morgan fingerprint density at radius 3 is 2.51 bits per heavy atom. The average molecular weight is 539 g/mol. The number of amides is 1. The molecule has 0 radical (unpaired) electrons. The molecule has 0 N–H and O–H groups in total. The largest absolute Gasteiger partial charge is 0.494 e. The molecule has 3 heterocycles. The number of rotatable bonds is 5. The lowest BCUT2D eigenvalue weighted by molar-refractivity contribution is -0.117. The summed E-state index contributed by atoms with van der Waals surface area (Å²) in [6.45, 7) is 3.72. The van der Waals surface area contributed by atoms with E-state index >= 15 is 0 Å². The van der Waals surface area contributed by atoms with Gasteiger partial charge in [-0.25, -0.2) is 18.2 Å². The summed E-state index contributed by atoms with van der Waals surface area (Å²) in [6.07, 6.45) is 0.948. The highest BCUT2D eigenvalue weighted by atomic mass is 19.3. The number of aryl methyl sites for hydroxylation is 2. The van der Waals surface area contributed by atoms with Crippen LogP contribution in [0.15, 0.2) is 40.9 Å². The SMILES string of the molecule is COc1ccc(N2C(=O)CCC2c2nc3cc(-c4c(C)noc4C)ccc3n2C2CCC(F)(F)CC2)cc1F. The van der Waals surface area contributed by atoms with E-state index in [1.165, 1.54) is 19.2 Å². The van der Waals surface area contributed by atoms with Gasteiger partial charge in [-0.2, -0.15) is 0 Å². The lowest BCUT2D eigenvalue weighted by Crippen LogP contribution is -2.32. The van der Waals surface area contributed by atoms with Gasteiger partial charge in [0.05, 0.1) is 29.9 Å². The zero-order valence-corrected chi connectivity index (χ0v) is 22.0. The molecule has 1 amide bonds. The summed E-state index contributed by atoms with van der Waals surface area (Å²) >= 11 is 0. The summed E-state index contributed by atoms with van der Waals surface area (Å²) in [5.41, 5.74) is 4.45. The molecule has 4 aromatic rings. The summed E-state index contributed by atoms with van der Waals surface area (Å²) in [7, 11) is 1.38. The van der Waals surface area contributed by atoms with Crippen LogP contribution >= 0.6 is 0 Å². The van der Waals surface area contributed by atoms with E-state index in [0.29, 0.717) is 42.1 Å². The smallest absolute Gasteiger partial charge is 0.248 e. The highest BCUT2D eigenvalue weighted by Crippen LogP contribution is 2.45. The number of ether oxygens (including phenoxy) is 1. The first kappa shape index (κ1) is 25.5. The Hall–Kier alpha value is -3.82. The number of anilines is 1. The predicted molar refractivity (Wildman–Crippen MR) is 140 cm³/mol. The predicted octanol–water partition coefficient (Wildman–Crippen LogP) is 7.07. The van der Waals surface area contributed by atoms with Crippen molar-refractivity contribution >= 4 is 22.6 Å². The van der Waals surface area contributed by atoms with Gasteiger partial charge < -0.3 is 18.7 Å². The zero-order valence-electron chi connectivity index (χ0n) is 22.0. The summed E-state index contributed by atoms with van der Waals surface area (Å²) in [4.78, 5) is 19.7. The molecule has 7 nitrogen and oxygen atoms in total. The molecule has 1 atom stereocenters. The van der Waals surface area contributed by atoms with Crippen LogP contribution in [-0.2, 0) is 4.79 Å². The number of alkyl halides is 2. The van der Waals surface area contributed by atoms with Gasteiger partial charge in [0.15, 0.2) is 11.6 Å². The van der Waals surface area contributed by atoms with Crippen LogP contribution in [-0.4, -0.2) is 33.6 Å². The second-order valence-corrected chi connectivity index (χ2v) is 10.5. The van der Waals surface area contributed by atoms with Crippen molar-refractivity contribution in [2.75, 3.05) is 12.0 Å². The third-order valence-corrected chi connectivity index (χ3v) is 8.01. The molecule has 2 aliphatic rings. The second kappa shape index (κ2) is 9.43. The van der Waals surface area contributed by atoms with Crippen molar-refractivity contribution < 1.29 is 27.2 Å². The van der Waals surface area contributed by atoms with Crippen molar-refractivity contribution in [1.29, 1.82) is 0 Å². The molecule has 1 saturated heterocycles. The summed E-state index contributed by atoms with van der Waals surface area (Å²) in [6, 6.07) is 9.64. The molecule has 2 aromatic heterocycles. The molecule has 2 aromatic carbocycles. The van der Waals surface area contributed by atoms with Crippen molar-refractivity contribution in [3.63, 3.8) is 0 Å². The van der Waals surface area contributed by atoms with Crippen LogP contribution < -0.4 is 9.64 Å². The van der Waals surface area contributed by atoms with E-state index < -0.39 is 17.8 Å². The minimum Gasteiger partial charge on any atom is -0.494 e. The van der Waals surface area contributed by atoms with Gasteiger partial charge in [0.1, 0.15) is 11.6 Å². The van der Waals surface area contributed by atoms with E-state index in [1.807, 2.05) is 36.6 Å². The number of fused-ring (bicyclic) bond motifs is 1. The number of carbonyl (C=O) groups excluding carboxylic acids is 1. The molecule has 6 rings (SSSR count). The maximum Gasteiger partial charge on any atom is 0.248 e. The van der Waals surface area contributed by atoms with Crippen LogP contribution in [0.2, 0.25) is 0 Å². The highest BCUT2D eigenvalue weighted by molar-refractivity contribution is 5.96. The van der Waals surface area contributed by atoms with E-state index in [1.54, 1.807) is 11.0 Å². The molecular weight excluding hydrogens is 509 g/mol. The Morgan fingerprint density at radius 2 is 1.85 bits per heavy atom. The molecular formula is C29H29F3N4O3. The highest BCUT2D eigenvalue weighted by Gasteiger charge is 2.41. The number of carbonyl (C=O) groups is 1. The molecule has 1 unspecified atom stereocenters. The fourth-order valence-corrected chi connectivity index (χ4v) is 6.13. The minimum atomic E-state index is -2.68. The van der Waals surface area contributed by atoms with Crippen molar-refractivity contribution in [3.8, 4) is 16.9 Å². The monoisotopic (exact) mass is 538 g/mol. The van der Waals surface area contributed by atoms with Gasteiger partial charge in [0, 0.05) is 42.6 Å². The average Bonchev–Trinajstić information content (AvgIpc) is 3.57. The lowest BCUT2D eigenvalue weighted by atomic mass is 9.91. The number of hydrogen-bond donors (Lipinski definition) is 0. The Kier molecular flexibility index (Phi) is 6.15. The topological polar surface area (TPSA) is 73.4 Å². The first-order valence-electron chi connectivity index (χ1n) is 13.2. The molecule has 0 bridgehead atoms. The Bertz CT molecular complexity index is 1550. The molecule has 2 fully saturated rings. The van der Waals surface area contributed by atoms with Gasteiger partial charge in [0.2, 0.25) is 11.8 Å². The van der Waals surface area contributed by atoms with Gasteiger partial charge in [-0.05, 0) is 62.9 Å². The fraction of sp³-hybridized carbons (Fsp3) is 0.414. The van der Waals surface area contributed by atoms with Crippen LogP contribution in [0.3, 0.4) is 0 Å². The van der Waals surface area contributed by atoms with E-state index in [0.717, 1.165) is 22.3 Å². The van der Waals surface area contributed by atoms with Crippen molar-refractivity contribution in [2.24, 2.45) is 0 Å². The molecule has 1 aliphatic carbocycles. The molecule has 39 heavy (non-hydrogen) atoms. The lowest BCUT2D eigenvalue weighted by Gasteiger charge is -2.32. The Labute approximate surface area is 223 Å². The zero-order chi connectivity index (χ0) is 27.5. The van der Waals surface area contributed by atoms with Gasteiger partial charge in [-0.3, -0.25) is 4.79 Å². The molecule has 1 aliphatic heterocycles. The van der Waals surface area contributed by atoms with E-state index in [2.05, 4.69) is 5.16 Å². The van der Waals surface area contributed by atoms with Crippen molar-refractivity contribution in [1.82, 2.24) is 14.7 Å². The van der Waals surface area contributed by atoms with Crippen LogP contribution in [0.4, 0.5) is 18.9 Å². The van der Waals surface area contributed by atoms with Crippen LogP contribution in [0.25, 0.3) is 22.2 Å². The molecule has 10 heteroatoms. The van der Waals surface area contributed by atoms with Crippen LogP contribution in [0, 0.1) is 19.7 Å². The van der Waals surface area contributed by atoms with Gasteiger partial charge in [-0.15, -0.1) is 0 Å². The van der Waals surface area contributed by atoms with Crippen molar-refractivity contribution in [3.05, 3.63) is 59.5 Å².